The van der Waals surface area contributed by atoms with Crippen LogP contribution in [0.5, 0.6) is 0 Å². The Morgan fingerprint density at radius 3 is 1.06 bits per heavy atom. The van der Waals surface area contributed by atoms with Gasteiger partial charge in [-0.1, -0.05) is 5.92 Å². The van der Waals surface area contributed by atoms with Crippen molar-refractivity contribution in [2.24, 2.45) is 0 Å². The van der Waals surface area contributed by atoms with Crippen LogP contribution in [0.2, 0.25) is 4.66 Å². The fourth-order valence-corrected chi connectivity index (χ4v) is 9.23. The first-order valence-electron chi connectivity index (χ1n) is 5.21. The van der Waals surface area contributed by atoms with Crippen LogP contribution in [0, 0.1) is 12.3 Å². The van der Waals surface area contributed by atoms with Gasteiger partial charge in [0.25, 0.3) is 0 Å². The maximum Gasteiger partial charge on any atom is 0.523 e. The van der Waals surface area contributed by atoms with Crippen molar-refractivity contribution < 1.29 is 26.6 Å². The van der Waals surface area contributed by atoms with Crippen LogP contribution in [0.1, 0.15) is 6.92 Å². The summed E-state index contributed by atoms with van der Waals surface area (Å²) in [5, 5.41) is 0. The van der Waals surface area contributed by atoms with Gasteiger partial charge in [0.2, 0.25) is 0 Å². The number of terminal acetylenes is 1. The van der Waals surface area contributed by atoms with Gasteiger partial charge < -0.3 is 26.6 Å². The molecular weight excluding hydrogens is 272 g/mol. The summed E-state index contributed by atoms with van der Waals surface area (Å²) in [4.78, 5) is 0. The Morgan fingerprint density at radius 1 is 0.722 bits per heavy atom. The molecule has 0 aliphatic heterocycles. The van der Waals surface area contributed by atoms with Crippen molar-refractivity contribution in [2.45, 2.75) is 11.6 Å². The summed E-state index contributed by atoms with van der Waals surface area (Å²) in [5.74, 6) is 2.64. The summed E-state index contributed by atoms with van der Waals surface area (Å²) >= 11 is 0. The quantitative estimate of drug-likeness (QED) is 0.484. The SMILES string of the molecule is C#CC(C)([Si](OC)(OC)OC)[Si](OC)(OC)OC. The lowest BCUT2D eigenvalue weighted by Gasteiger charge is -2.44. The van der Waals surface area contributed by atoms with Crippen molar-refractivity contribution in [3.05, 3.63) is 0 Å². The van der Waals surface area contributed by atoms with Crippen LogP contribution in [0.25, 0.3) is 0 Å². The third-order valence-electron chi connectivity index (χ3n) is 3.13. The van der Waals surface area contributed by atoms with E-state index in [1.165, 1.54) is 42.7 Å². The molecule has 0 N–H and O–H groups in total. The fraction of sp³-hybridized carbons (Fsp3) is 0.800. The molecule has 106 valence electrons. The van der Waals surface area contributed by atoms with E-state index in [1.807, 2.05) is 0 Å². The Kier molecular flexibility index (Phi) is 6.69. The van der Waals surface area contributed by atoms with Crippen LogP contribution < -0.4 is 0 Å². The molecule has 0 heterocycles. The van der Waals surface area contributed by atoms with Gasteiger partial charge >= 0.3 is 17.6 Å². The van der Waals surface area contributed by atoms with Crippen molar-refractivity contribution in [3.63, 3.8) is 0 Å². The van der Waals surface area contributed by atoms with E-state index in [0.29, 0.717) is 0 Å². The summed E-state index contributed by atoms with van der Waals surface area (Å²) in [6, 6.07) is 0. The predicted molar refractivity (Wildman–Crippen MR) is 70.8 cm³/mol. The highest BCUT2D eigenvalue weighted by atomic mass is 28.5. The van der Waals surface area contributed by atoms with Crippen molar-refractivity contribution in [3.8, 4) is 12.3 Å². The van der Waals surface area contributed by atoms with Crippen molar-refractivity contribution in [2.75, 3.05) is 42.7 Å². The van der Waals surface area contributed by atoms with Gasteiger partial charge in [-0.05, 0) is 6.92 Å². The molecule has 18 heavy (non-hydrogen) atoms. The Labute approximate surface area is 111 Å². The van der Waals surface area contributed by atoms with E-state index < -0.39 is 22.3 Å². The molecule has 0 aromatic carbocycles. The zero-order valence-electron chi connectivity index (χ0n) is 12.0. The molecule has 0 aromatic rings. The van der Waals surface area contributed by atoms with Crippen LogP contribution in [0.15, 0.2) is 0 Å². The first-order valence-corrected chi connectivity index (χ1v) is 8.66. The molecule has 0 aliphatic rings. The molecule has 6 nitrogen and oxygen atoms in total. The summed E-state index contributed by atoms with van der Waals surface area (Å²) in [7, 11) is 2.45. The van der Waals surface area contributed by atoms with Gasteiger partial charge in [0.1, 0.15) is 0 Å². The highest BCUT2D eigenvalue weighted by molar-refractivity contribution is 6.86. The molecule has 0 aliphatic carbocycles. The van der Waals surface area contributed by atoms with Crippen molar-refractivity contribution in [1.82, 2.24) is 0 Å². The predicted octanol–water partition coefficient (Wildman–Crippen LogP) is 0.675. The molecule has 0 amide bonds. The lowest BCUT2D eigenvalue weighted by molar-refractivity contribution is 0.0701. The first kappa shape index (κ1) is 17.8. The van der Waals surface area contributed by atoms with Gasteiger partial charge in [0, 0.05) is 42.7 Å². The van der Waals surface area contributed by atoms with Crippen LogP contribution in [-0.4, -0.2) is 60.3 Å². The molecule has 0 saturated heterocycles. The Balaban J connectivity index is 5.95. The van der Waals surface area contributed by atoms with Crippen LogP contribution in [0.3, 0.4) is 0 Å². The zero-order chi connectivity index (χ0) is 14.4. The standard InChI is InChI=1S/C10H22O6Si2/c1-9-10(2,17(11-3,12-4)13-5)18(14-6,15-7)16-8/h1H,2-8H3. The lowest BCUT2D eigenvalue weighted by Crippen LogP contribution is -2.67. The van der Waals surface area contributed by atoms with E-state index in [0.717, 1.165) is 0 Å². The molecule has 0 saturated carbocycles. The van der Waals surface area contributed by atoms with Gasteiger partial charge in [-0.15, -0.1) is 6.42 Å². The van der Waals surface area contributed by atoms with E-state index in [2.05, 4.69) is 5.92 Å². The Morgan fingerprint density at radius 2 is 0.944 bits per heavy atom. The van der Waals surface area contributed by atoms with E-state index in [1.54, 1.807) is 6.92 Å². The van der Waals surface area contributed by atoms with Gasteiger partial charge in [-0.2, -0.15) is 0 Å². The minimum absolute atomic E-state index is 1.06. The number of hydrogen-bond donors (Lipinski definition) is 0. The summed E-state index contributed by atoms with van der Waals surface area (Å²) in [6.45, 7) is 1.73. The molecule has 0 rings (SSSR count). The van der Waals surface area contributed by atoms with Gasteiger partial charge in [0.15, 0.2) is 4.66 Å². The van der Waals surface area contributed by atoms with E-state index in [4.69, 9.17) is 33.0 Å². The maximum atomic E-state index is 5.67. The number of hydrogen-bond acceptors (Lipinski definition) is 6. The van der Waals surface area contributed by atoms with Gasteiger partial charge in [-0.3, -0.25) is 0 Å². The maximum absolute atomic E-state index is 5.67. The van der Waals surface area contributed by atoms with Gasteiger partial charge in [-0.25, -0.2) is 0 Å². The molecule has 0 aromatic heterocycles. The minimum Gasteiger partial charge on any atom is -0.376 e. The third kappa shape index (κ3) is 2.28. The van der Waals surface area contributed by atoms with Crippen molar-refractivity contribution >= 4 is 17.6 Å². The zero-order valence-corrected chi connectivity index (χ0v) is 14.0. The highest BCUT2D eigenvalue weighted by Crippen LogP contribution is 2.47. The van der Waals surface area contributed by atoms with Crippen LogP contribution in [0.4, 0.5) is 0 Å². The normalized spacial score (nSPS) is 13.4. The Bertz CT molecular complexity index is 259. The largest absolute Gasteiger partial charge is 0.523 e. The third-order valence-corrected chi connectivity index (χ3v) is 10.9. The Hall–Kier alpha value is -0.246. The first-order chi connectivity index (χ1) is 8.42. The average molecular weight is 294 g/mol. The van der Waals surface area contributed by atoms with Crippen LogP contribution >= 0.6 is 0 Å². The highest BCUT2D eigenvalue weighted by Gasteiger charge is 2.73. The summed E-state index contributed by atoms with van der Waals surface area (Å²) < 4.78 is 31.6. The molecule has 0 atom stereocenters. The van der Waals surface area contributed by atoms with E-state index in [-0.39, 0.29) is 0 Å². The smallest absolute Gasteiger partial charge is 0.376 e. The average Bonchev–Trinajstić information content (AvgIpc) is 2.43. The molecule has 0 radical (unpaired) electrons. The monoisotopic (exact) mass is 294 g/mol. The lowest BCUT2D eigenvalue weighted by atomic mass is 10.5. The van der Waals surface area contributed by atoms with E-state index >= 15 is 0 Å². The summed E-state index contributed by atoms with van der Waals surface area (Å²) in [5.41, 5.74) is 0. The minimum atomic E-state index is -3.22. The number of rotatable bonds is 8. The molecule has 0 bridgehead atoms. The molecule has 0 unspecified atom stereocenters. The molecule has 0 spiro atoms. The second-order valence-electron chi connectivity index (χ2n) is 3.61. The van der Waals surface area contributed by atoms with Gasteiger partial charge in [0.05, 0.1) is 0 Å². The molecule has 0 fully saturated rings. The van der Waals surface area contributed by atoms with Crippen molar-refractivity contribution in [1.29, 1.82) is 0 Å². The second-order valence-corrected chi connectivity index (χ2v) is 10.8. The van der Waals surface area contributed by atoms with Crippen LogP contribution in [-0.2, 0) is 26.6 Å². The van der Waals surface area contributed by atoms with E-state index in [9.17, 15) is 0 Å². The second kappa shape index (κ2) is 6.79. The molecular formula is C10H22O6Si2. The molecule has 8 heteroatoms. The fourth-order valence-electron chi connectivity index (χ4n) is 2.09. The summed E-state index contributed by atoms with van der Waals surface area (Å²) in [6.07, 6.45) is 5.67. The topological polar surface area (TPSA) is 55.4 Å².